The maximum atomic E-state index is 6.54. The number of fused-ring (bicyclic) bond motifs is 2. The molecular formula is C24H24O2Si. The average molecular weight is 373 g/mol. The molecule has 0 aromatic heterocycles. The molecule has 4 aromatic carbocycles. The van der Waals surface area contributed by atoms with Crippen LogP contribution in [0.25, 0.3) is 21.5 Å². The Kier molecular flexibility index (Phi) is 4.86. The Bertz CT molecular complexity index is 987. The van der Waals surface area contributed by atoms with Gasteiger partial charge in [-0.3, -0.25) is 0 Å². The van der Waals surface area contributed by atoms with Gasteiger partial charge in [0.25, 0.3) is 0 Å². The van der Waals surface area contributed by atoms with Gasteiger partial charge in [0.05, 0.1) is 0 Å². The van der Waals surface area contributed by atoms with Crippen molar-refractivity contribution in [3.8, 4) is 11.5 Å². The van der Waals surface area contributed by atoms with Crippen molar-refractivity contribution in [1.29, 1.82) is 0 Å². The van der Waals surface area contributed by atoms with Crippen molar-refractivity contribution < 1.29 is 8.85 Å². The lowest BCUT2D eigenvalue weighted by molar-refractivity contribution is 0.382. The minimum atomic E-state index is -2.40. The Labute approximate surface area is 161 Å². The third kappa shape index (κ3) is 3.69. The molecule has 0 saturated carbocycles. The number of hydrogen-bond donors (Lipinski definition) is 0. The van der Waals surface area contributed by atoms with Crippen molar-refractivity contribution in [2.24, 2.45) is 0 Å². The minimum Gasteiger partial charge on any atom is -0.512 e. The molecule has 0 aliphatic heterocycles. The maximum Gasteiger partial charge on any atom is 0.459 e. The fourth-order valence-electron chi connectivity index (χ4n) is 3.45. The fraction of sp³-hybridized carbons (Fsp3) is 0.167. The second-order valence-electron chi connectivity index (χ2n) is 6.84. The molecule has 3 heteroatoms. The molecule has 136 valence electrons. The van der Waals surface area contributed by atoms with Crippen molar-refractivity contribution in [3.05, 3.63) is 84.9 Å². The standard InChI is InChI=1S/C24H24O2Si/c1-3-27(4-2,25-23-15-13-19-9-5-7-11-21(19)17-23)26-24-16-14-20-10-6-8-12-22(20)18-24/h5-18H,3-4H2,1-2H3. The topological polar surface area (TPSA) is 18.5 Å². The van der Waals surface area contributed by atoms with Gasteiger partial charge in [-0.05, 0) is 45.8 Å². The van der Waals surface area contributed by atoms with Gasteiger partial charge in [-0.2, -0.15) is 0 Å². The highest BCUT2D eigenvalue weighted by Gasteiger charge is 2.38. The summed E-state index contributed by atoms with van der Waals surface area (Å²) < 4.78 is 13.1. The van der Waals surface area contributed by atoms with Crippen LogP contribution in [-0.2, 0) is 0 Å². The summed E-state index contributed by atoms with van der Waals surface area (Å²) in [6.45, 7) is 4.33. The molecule has 27 heavy (non-hydrogen) atoms. The van der Waals surface area contributed by atoms with E-state index in [-0.39, 0.29) is 0 Å². The normalized spacial score (nSPS) is 11.6. The molecule has 0 N–H and O–H groups in total. The Balaban J connectivity index is 1.64. The molecule has 0 spiro atoms. The Morgan fingerprint density at radius 3 is 1.37 bits per heavy atom. The van der Waals surface area contributed by atoms with Gasteiger partial charge in [-0.25, -0.2) is 0 Å². The van der Waals surface area contributed by atoms with Gasteiger partial charge in [0.2, 0.25) is 0 Å². The van der Waals surface area contributed by atoms with E-state index in [9.17, 15) is 0 Å². The third-order valence-corrected chi connectivity index (χ3v) is 8.50. The van der Waals surface area contributed by atoms with Crippen LogP contribution in [0.2, 0.25) is 12.1 Å². The summed E-state index contributed by atoms with van der Waals surface area (Å²) in [7, 11) is -2.40. The highest BCUT2D eigenvalue weighted by Crippen LogP contribution is 2.30. The summed E-state index contributed by atoms with van der Waals surface area (Å²) in [5.41, 5.74) is 0. The van der Waals surface area contributed by atoms with Gasteiger partial charge in [-0.1, -0.05) is 74.5 Å². The van der Waals surface area contributed by atoms with E-state index in [0.717, 1.165) is 23.6 Å². The first-order valence-electron chi connectivity index (χ1n) is 9.57. The van der Waals surface area contributed by atoms with E-state index in [4.69, 9.17) is 8.85 Å². The van der Waals surface area contributed by atoms with Crippen LogP contribution in [0.3, 0.4) is 0 Å². The summed E-state index contributed by atoms with van der Waals surface area (Å²) in [5, 5.41) is 4.83. The van der Waals surface area contributed by atoms with E-state index >= 15 is 0 Å². The van der Waals surface area contributed by atoms with Crippen LogP contribution in [-0.4, -0.2) is 8.56 Å². The molecule has 4 rings (SSSR count). The molecule has 0 fully saturated rings. The highest BCUT2D eigenvalue weighted by molar-refractivity contribution is 6.68. The molecular weight excluding hydrogens is 348 g/mol. The molecule has 0 bridgehead atoms. The summed E-state index contributed by atoms with van der Waals surface area (Å²) in [6, 6.07) is 31.1. The molecule has 0 saturated heterocycles. The SMILES string of the molecule is CC[Si](CC)(Oc1ccc2ccccc2c1)Oc1ccc2ccccc2c1. The van der Waals surface area contributed by atoms with Crippen molar-refractivity contribution >= 4 is 30.1 Å². The molecule has 0 amide bonds. The molecule has 2 nitrogen and oxygen atoms in total. The molecule has 0 aliphatic carbocycles. The maximum absolute atomic E-state index is 6.54. The second-order valence-corrected chi connectivity index (χ2v) is 10.5. The number of rotatable bonds is 6. The molecule has 0 unspecified atom stereocenters. The lowest BCUT2D eigenvalue weighted by Crippen LogP contribution is -2.47. The zero-order valence-electron chi connectivity index (χ0n) is 15.8. The third-order valence-electron chi connectivity index (χ3n) is 5.13. The smallest absolute Gasteiger partial charge is 0.459 e. The second kappa shape index (κ2) is 7.45. The molecule has 0 aliphatic rings. The zero-order chi connectivity index (χ0) is 18.7. The van der Waals surface area contributed by atoms with Gasteiger partial charge in [0, 0.05) is 12.1 Å². The predicted molar refractivity (Wildman–Crippen MR) is 116 cm³/mol. The lowest BCUT2D eigenvalue weighted by atomic mass is 10.1. The van der Waals surface area contributed by atoms with Gasteiger partial charge in [-0.15, -0.1) is 0 Å². The first-order chi connectivity index (χ1) is 13.2. The van der Waals surface area contributed by atoms with Crippen LogP contribution >= 0.6 is 0 Å². The van der Waals surface area contributed by atoms with E-state index in [1.165, 1.54) is 21.5 Å². The first kappa shape index (κ1) is 17.6. The van der Waals surface area contributed by atoms with Gasteiger partial charge in [0.15, 0.2) is 0 Å². The van der Waals surface area contributed by atoms with E-state index in [1.807, 2.05) is 0 Å². The van der Waals surface area contributed by atoms with Crippen molar-refractivity contribution in [3.63, 3.8) is 0 Å². The molecule has 0 atom stereocenters. The molecule has 0 radical (unpaired) electrons. The minimum absolute atomic E-state index is 0.892. The Morgan fingerprint density at radius 2 is 0.963 bits per heavy atom. The van der Waals surface area contributed by atoms with Crippen molar-refractivity contribution in [2.75, 3.05) is 0 Å². The summed E-state index contributed by atoms with van der Waals surface area (Å²) >= 11 is 0. The Hall–Kier alpha value is -2.78. The average Bonchev–Trinajstić information content (AvgIpc) is 2.73. The molecule has 4 aromatic rings. The van der Waals surface area contributed by atoms with E-state index in [1.54, 1.807) is 0 Å². The zero-order valence-corrected chi connectivity index (χ0v) is 16.8. The van der Waals surface area contributed by atoms with E-state index in [2.05, 4.69) is 98.8 Å². The number of benzene rings is 4. The predicted octanol–water partition coefficient (Wildman–Crippen LogP) is 6.93. The van der Waals surface area contributed by atoms with Crippen LogP contribution in [0.1, 0.15) is 13.8 Å². The monoisotopic (exact) mass is 372 g/mol. The lowest BCUT2D eigenvalue weighted by Gasteiger charge is -2.30. The van der Waals surface area contributed by atoms with Crippen LogP contribution in [0, 0.1) is 0 Å². The van der Waals surface area contributed by atoms with Crippen LogP contribution in [0.4, 0.5) is 0 Å². The van der Waals surface area contributed by atoms with Gasteiger partial charge >= 0.3 is 8.56 Å². The van der Waals surface area contributed by atoms with Gasteiger partial charge < -0.3 is 8.85 Å². The summed E-state index contributed by atoms with van der Waals surface area (Å²) in [4.78, 5) is 0. The summed E-state index contributed by atoms with van der Waals surface area (Å²) in [6.07, 6.45) is 0. The van der Waals surface area contributed by atoms with Crippen molar-refractivity contribution in [1.82, 2.24) is 0 Å². The van der Waals surface area contributed by atoms with Crippen LogP contribution in [0.5, 0.6) is 11.5 Å². The van der Waals surface area contributed by atoms with Crippen LogP contribution in [0.15, 0.2) is 84.9 Å². The first-order valence-corrected chi connectivity index (χ1v) is 11.8. The highest BCUT2D eigenvalue weighted by atomic mass is 28.4. The van der Waals surface area contributed by atoms with E-state index < -0.39 is 8.56 Å². The van der Waals surface area contributed by atoms with E-state index in [0.29, 0.717) is 0 Å². The van der Waals surface area contributed by atoms with Gasteiger partial charge in [0.1, 0.15) is 11.5 Å². The van der Waals surface area contributed by atoms with Crippen LogP contribution < -0.4 is 8.85 Å². The van der Waals surface area contributed by atoms with Crippen molar-refractivity contribution in [2.45, 2.75) is 25.9 Å². The Morgan fingerprint density at radius 1 is 0.556 bits per heavy atom. The fourth-order valence-corrected chi connectivity index (χ4v) is 5.68. The number of hydrogen-bond acceptors (Lipinski definition) is 2. The largest absolute Gasteiger partial charge is 0.512 e. The quantitative estimate of drug-likeness (QED) is 0.342. The molecule has 0 heterocycles. The summed E-state index contributed by atoms with van der Waals surface area (Å²) in [5.74, 6) is 1.79.